The third kappa shape index (κ3) is 5.54. The van der Waals surface area contributed by atoms with Crippen LogP contribution in [0.5, 0.6) is 0 Å². The van der Waals surface area contributed by atoms with E-state index in [1.54, 1.807) is 10.9 Å². The highest BCUT2D eigenvalue weighted by Crippen LogP contribution is 2.41. The Morgan fingerprint density at radius 2 is 1.97 bits per heavy atom. The zero-order chi connectivity index (χ0) is 27.5. The van der Waals surface area contributed by atoms with E-state index < -0.39 is 24.5 Å². The number of hydrogen-bond acceptors (Lipinski definition) is 13. The van der Waals surface area contributed by atoms with Crippen LogP contribution in [0.1, 0.15) is 83.3 Å². The molecule has 5 N–H and O–H groups in total. The van der Waals surface area contributed by atoms with E-state index in [-0.39, 0.29) is 30.5 Å². The maximum atomic E-state index is 11.3. The van der Waals surface area contributed by atoms with E-state index in [2.05, 4.69) is 39.6 Å². The number of fused-ring (bicyclic) bond motifs is 1. The van der Waals surface area contributed by atoms with Gasteiger partial charge in [-0.1, -0.05) is 25.9 Å². The highest BCUT2D eigenvalue weighted by molar-refractivity contribution is 5.84. The van der Waals surface area contributed by atoms with Gasteiger partial charge in [0.25, 0.3) is 12.4 Å². The Bertz CT molecular complexity index is 1250. The first-order valence-corrected chi connectivity index (χ1v) is 13.7. The molecule has 0 bridgehead atoms. The summed E-state index contributed by atoms with van der Waals surface area (Å²) in [7, 11) is 0. The number of carbonyl (C=O) groups is 1. The lowest BCUT2D eigenvalue weighted by Gasteiger charge is -2.27. The first kappa shape index (κ1) is 27.2. The fourth-order valence-electron chi connectivity index (χ4n) is 5.22. The number of rotatable bonds is 11. The lowest BCUT2D eigenvalue weighted by atomic mass is 9.92. The van der Waals surface area contributed by atoms with Crippen molar-refractivity contribution in [3.8, 4) is 0 Å². The van der Waals surface area contributed by atoms with Crippen LogP contribution in [0.3, 0.4) is 0 Å². The number of carbonyl (C=O) groups excluding carboxylic acids is 1. The quantitative estimate of drug-likeness (QED) is 0.258. The summed E-state index contributed by atoms with van der Waals surface area (Å²) in [6.07, 6.45) is 3.38. The van der Waals surface area contributed by atoms with Gasteiger partial charge in [-0.25, -0.2) is 4.98 Å². The number of aliphatic hydroxyl groups is 1. The average molecular weight is 544 g/mol. The van der Waals surface area contributed by atoms with E-state index >= 15 is 0 Å². The highest BCUT2D eigenvalue weighted by Gasteiger charge is 2.50. The van der Waals surface area contributed by atoms with Crippen LogP contribution in [-0.2, 0) is 20.7 Å². The van der Waals surface area contributed by atoms with Gasteiger partial charge < -0.3 is 35.5 Å². The predicted molar refractivity (Wildman–Crippen MR) is 141 cm³/mol. The second-order valence-electron chi connectivity index (χ2n) is 10.2. The van der Waals surface area contributed by atoms with Crippen molar-refractivity contribution >= 4 is 29.4 Å². The number of nitrogens with one attached hydrogen (secondary N) is 2. The molecule has 3 aromatic heterocycles. The summed E-state index contributed by atoms with van der Waals surface area (Å²) in [6, 6.07) is 0.623. The lowest BCUT2D eigenvalue weighted by molar-refractivity contribution is -0.140. The number of aliphatic hydroxyl groups excluding tert-OH is 1. The van der Waals surface area contributed by atoms with Crippen LogP contribution in [0.4, 0.5) is 11.8 Å². The molecule has 1 aliphatic heterocycles. The standard InChI is InChI=1S/C25H37N9O5/c1-4-14(5-2)28-21-17-22(32-25(31-21)29-15-9-7-13(26)8-10-15)34(11-27-17)24-18(36)19(37-12-35)20(38-24)23-30-16(6-3)33-39-23/h11-15,18-20,24,36H,4-10,26H2,1-3H3,(H2,28,29,31,32)/t13?,15?,18-,19+,20+,24-/m1/s1. The highest BCUT2D eigenvalue weighted by atomic mass is 16.6. The van der Waals surface area contributed by atoms with E-state index in [4.69, 9.17) is 29.7 Å². The van der Waals surface area contributed by atoms with E-state index in [0.29, 0.717) is 35.2 Å². The summed E-state index contributed by atoms with van der Waals surface area (Å²) < 4.78 is 18.4. The minimum absolute atomic E-state index is 0.119. The third-order valence-corrected chi connectivity index (χ3v) is 7.60. The molecular formula is C25H37N9O5. The van der Waals surface area contributed by atoms with Crippen molar-refractivity contribution in [1.29, 1.82) is 0 Å². The smallest absolute Gasteiger partial charge is 0.293 e. The van der Waals surface area contributed by atoms with Gasteiger partial charge in [0.05, 0.1) is 6.33 Å². The first-order valence-electron chi connectivity index (χ1n) is 13.7. The van der Waals surface area contributed by atoms with Gasteiger partial charge in [0.2, 0.25) is 5.95 Å². The van der Waals surface area contributed by atoms with Gasteiger partial charge in [0.15, 0.2) is 41.2 Å². The Morgan fingerprint density at radius 3 is 2.64 bits per heavy atom. The number of hydrogen-bond donors (Lipinski definition) is 4. The molecule has 212 valence electrons. The second-order valence-corrected chi connectivity index (χ2v) is 10.2. The van der Waals surface area contributed by atoms with E-state index in [9.17, 15) is 9.90 Å². The fourth-order valence-corrected chi connectivity index (χ4v) is 5.22. The molecule has 3 aromatic rings. The lowest BCUT2D eigenvalue weighted by Crippen LogP contribution is -2.33. The van der Waals surface area contributed by atoms with E-state index in [0.717, 1.165) is 38.5 Å². The second kappa shape index (κ2) is 11.8. The summed E-state index contributed by atoms with van der Waals surface area (Å²) in [5.74, 6) is 1.64. The van der Waals surface area contributed by atoms with Gasteiger partial charge >= 0.3 is 0 Å². The number of aromatic nitrogens is 6. The van der Waals surface area contributed by atoms with Crippen LogP contribution in [0.25, 0.3) is 11.2 Å². The SMILES string of the molecule is CCc1noc([C@H]2O[C@@H](n3cnc4c(NC(CC)CC)nc(NC5CCC(N)CC5)nc43)[C@H](O)[C@@H]2OC=O)n1. The largest absolute Gasteiger partial charge is 0.458 e. The van der Waals surface area contributed by atoms with Crippen molar-refractivity contribution in [2.24, 2.45) is 5.73 Å². The number of imidazole rings is 1. The molecule has 2 aliphatic rings. The molecular weight excluding hydrogens is 506 g/mol. The topological polar surface area (TPSA) is 188 Å². The minimum atomic E-state index is -1.25. The molecule has 1 saturated heterocycles. The Hall–Kier alpha value is -3.36. The summed E-state index contributed by atoms with van der Waals surface area (Å²) in [5, 5.41) is 22.1. The summed E-state index contributed by atoms with van der Waals surface area (Å²) >= 11 is 0. The predicted octanol–water partition coefficient (Wildman–Crippen LogP) is 2.23. The summed E-state index contributed by atoms with van der Waals surface area (Å²) in [5.41, 5.74) is 7.09. The normalized spacial score (nSPS) is 27.2. The molecule has 0 aromatic carbocycles. The zero-order valence-corrected chi connectivity index (χ0v) is 22.5. The molecule has 0 radical (unpaired) electrons. The number of ether oxygens (including phenoxy) is 2. The average Bonchev–Trinajstić information content (AvgIpc) is 3.67. The summed E-state index contributed by atoms with van der Waals surface area (Å²) in [4.78, 5) is 29.8. The van der Waals surface area contributed by atoms with Crippen LogP contribution in [0, 0.1) is 0 Å². The molecule has 14 nitrogen and oxygen atoms in total. The van der Waals surface area contributed by atoms with Crippen molar-refractivity contribution in [3.63, 3.8) is 0 Å². The van der Waals surface area contributed by atoms with Gasteiger partial charge in [-0.05, 0) is 38.5 Å². The van der Waals surface area contributed by atoms with Crippen molar-refractivity contribution in [2.75, 3.05) is 10.6 Å². The molecule has 4 atom stereocenters. The maximum Gasteiger partial charge on any atom is 0.293 e. The molecule has 0 amide bonds. The molecule has 1 aliphatic carbocycles. The van der Waals surface area contributed by atoms with Crippen molar-refractivity contribution in [3.05, 3.63) is 18.0 Å². The van der Waals surface area contributed by atoms with E-state index in [1.165, 1.54) is 0 Å². The first-order chi connectivity index (χ1) is 18.9. The minimum Gasteiger partial charge on any atom is -0.458 e. The Kier molecular flexibility index (Phi) is 8.23. The van der Waals surface area contributed by atoms with Crippen LogP contribution in [0.2, 0.25) is 0 Å². The van der Waals surface area contributed by atoms with Crippen molar-refractivity contribution in [1.82, 2.24) is 29.7 Å². The molecule has 1 saturated carbocycles. The molecule has 4 heterocycles. The van der Waals surface area contributed by atoms with Crippen molar-refractivity contribution < 1.29 is 23.9 Å². The molecule has 0 spiro atoms. The molecule has 5 rings (SSSR count). The van der Waals surface area contributed by atoms with Gasteiger partial charge in [0, 0.05) is 24.5 Å². The van der Waals surface area contributed by atoms with Gasteiger partial charge in [0.1, 0.15) is 6.10 Å². The maximum absolute atomic E-state index is 11.3. The monoisotopic (exact) mass is 543 g/mol. The number of anilines is 2. The van der Waals surface area contributed by atoms with Crippen LogP contribution >= 0.6 is 0 Å². The molecule has 0 unspecified atom stereocenters. The van der Waals surface area contributed by atoms with Crippen molar-refractivity contribution in [2.45, 2.75) is 108 Å². The number of nitrogens with two attached hydrogens (primary N) is 1. The molecule has 2 fully saturated rings. The Labute approximate surface area is 226 Å². The van der Waals surface area contributed by atoms with E-state index in [1.807, 2.05) is 6.92 Å². The van der Waals surface area contributed by atoms with Gasteiger partial charge in [-0.15, -0.1) is 0 Å². The van der Waals surface area contributed by atoms with Gasteiger partial charge in [-0.3, -0.25) is 9.36 Å². The van der Waals surface area contributed by atoms with Crippen LogP contribution in [0.15, 0.2) is 10.9 Å². The number of nitrogens with zero attached hydrogens (tertiary/aromatic N) is 6. The van der Waals surface area contributed by atoms with Gasteiger partial charge in [-0.2, -0.15) is 15.0 Å². The summed E-state index contributed by atoms with van der Waals surface area (Å²) in [6.45, 7) is 6.38. The Balaban J connectivity index is 1.51. The Morgan fingerprint density at radius 1 is 1.21 bits per heavy atom. The third-order valence-electron chi connectivity index (χ3n) is 7.60. The number of aryl methyl sites for hydroxylation is 1. The molecule has 39 heavy (non-hydrogen) atoms. The van der Waals surface area contributed by atoms with Crippen LogP contribution < -0.4 is 16.4 Å². The molecule has 14 heteroatoms. The fraction of sp³-hybridized carbons (Fsp3) is 0.680. The van der Waals surface area contributed by atoms with Crippen LogP contribution in [-0.4, -0.2) is 71.6 Å². The zero-order valence-electron chi connectivity index (χ0n) is 22.5.